The zero-order valence-electron chi connectivity index (χ0n) is 10.0. The Labute approximate surface area is 97.5 Å². The molecule has 0 saturated heterocycles. The lowest BCUT2D eigenvalue weighted by Gasteiger charge is -2.29. The monoisotopic (exact) mass is 214 g/mol. The summed E-state index contributed by atoms with van der Waals surface area (Å²) in [6.07, 6.45) is 1.12. The summed E-state index contributed by atoms with van der Waals surface area (Å²) >= 11 is 0. The van der Waals surface area contributed by atoms with Crippen LogP contribution >= 0.6 is 0 Å². The van der Waals surface area contributed by atoms with Crippen LogP contribution in [0.25, 0.3) is 0 Å². The Balaban J connectivity index is 2.39. The van der Waals surface area contributed by atoms with Gasteiger partial charge in [0.05, 0.1) is 12.0 Å². The summed E-state index contributed by atoms with van der Waals surface area (Å²) in [6, 6.07) is 8.74. The third-order valence-electron chi connectivity index (χ3n) is 3.50. The maximum absolute atomic E-state index is 9.05. The average molecular weight is 214 g/mol. The second-order valence-electron chi connectivity index (χ2n) is 4.45. The summed E-state index contributed by atoms with van der Waals surface area (Å²) in [5, 5.41) is 9.05. The van der Waals surface area contributed by atoms with Gasteiger partial charge in [0.1, 0.15) is 0 Å². The lowest BCUT2D eigenvalue weighted by atomic mass is 9.89. The normalized spacial score (nSPS) is 17.6. The van der Waals surface area contributed by atoms with E-state index in [2.05, 4.69) is 36.1 Å². The van der Waals surface area contributed by atoms with Gasteiger partial charge in [-0.15, -0.1) is 0 Å². The van der Waals surface area contributed by atoms with Crippen LogP contribution in [0, 0.1) is 11.3 Å². The summed E-state index contributed by atoms with van der Waals surface area (Å²) in [6.45, 7) is 7.43. The summed E-state index contributed by atoms with van der Waals surface area (Å²) < 4.78 is 0. The summed E-state index contributed by atoms with van der Waals surface area (Å²) in [4.78, 5) is 2.44. The maximum Gasteiger partial charge on any atom is 0.0701 e. The number of rotatable bonds is 2. The number of likely N-dealkylation sites (N-methyl/N-ethyl adjacent to an activating group) is 1. The molecule has 1 heterocycles. The molecule has 0 radical (unpaired) electrons. The van der Waals surface area contributed by atoms with Crippen LogP contribution in [0.3, 0.4) is 0 Å². The minimum Gasteiger partial charge on any atom is -0.299 e. The van der Waals surface area contributed by atoms with Crippen LogP contribution in [0.4, 0.5) is 0 Å². The molecule has 1 aliphatic rings. The minimum absolute atomic E-state index is 0.00626. The van der Waals surface area contributed by atoms with E-state index in [0.717, 1.165) is 26.1 Å². The molecule has 1 aliphatic heterocycles. The largest absolute Gasteiger partial charge is 0.299 e. The van der Waals surface area contributed by atoms with Crippen molar-refractivity contribution in [3.8, 4) is 6.07 Å². The van der Waals surface area contributed by atoms with E-state index in [4.69, 9.17) is 5.26 Å². The van der Waals surface area contributed by atoms with Crippen molar-refractivity contribution in [2.45, 2.75) is 32.7 Å². The Hall–Kier alpha value is -1.33. The molecular weight excluding hydrogens is 196 g/mol. The first-order chi connectivity index (χ1) is 7.76. The molecule has 16 heavy (non-hydrogen) atoms. The highest BCUT2D eigenvalue weighted by Crippen LogP contribution is 2.27. The Bertz CT molecular complexity index is 417. The maximum atomic E-state index is 9.05. The van der Waals surface area contributed by atoms with Crippen LogP contribution in [-0.4, -0.2) is 18.0 Å². The van der Waals surface area contributed by atoms with E-state index in [1.165, 1.54) is 16.7 Å². The van der Waals surface area contributed by atoms with Crippen LogP contribution in [0.1, 0.15) is 36.5 Å². The molecule has 0 amide bonds. The third-order valence-corrected chi connectivity index (χ3v) is 3.50. The number of nitrogens with zero attached hydrogens (tertiary/aromatic N) is 2. The molecule has 2 nitrogen and oxygen atoms in total. The van der Waals surface area contributed by atoms with Crippen LogP contribution in [0.2, 0.25) is 0 Å². The Morgan fingerprint density at radius 2 is 2.31 bits per heavy atom. The van der Waals surface area contributed by atoms with E-state index >= 15 is 0 Å². The second-order valence-corrected chi connectivity index (χ2v) is 4.45. The van der Waals surface area contributed by atoms with Crippen molar-refractivity contribution >= 4 is 0 Å². The number of fused-ring (bicyclic) bond motifs is 1. The van der Waals surface area contributed by atoms with E-state index in [9.17, 15) is 0 Å². The fraction of sp³-hybridized carbons (Fsp3) is 0.500. The smallest absolute Gasteiger partial charge is 0.0701 e. The zero-order chi connectivity index (χ0) is 11.5. The SMILES string of the molecule is CCN1CCc2cccc(C(C)C#N)c2C1. The third kappa shape index (κ3) is 1.96. The molecular formula is C14H18N2. The fourth-order valence-corrected chi connectivity index (χ4v) is 2.41. The predicted molar refractivity (Wildman–Crippen MR) is 65.1 cm³/mol. The highest BCUT2D eigenvalue weighted by atomic mass is 15.1. The van der Waals surface area contributed by atoms with Crippen molar-refractivity contribution in [2.24, 2.45) is 0 Å². The van der Waals surface area contributed by atoms with Gasteiger partial charge in [-0.25, -0.2) is 0 Å². The molecule has 1 unspecified atom stereocenters. The predicted octanol–water partition coefficient (Wildman–Crippen LogP) is 2.69. The van der Waals surface area contributed by atoms with E-state index in [1.54, 1.807) is 0 Å². The lowest BCUT2D eigenvalue weighted by Crippen LogP contribution is -2.31. The minimum atomic E-state index is 0.00626. The van der Waals surface area contributed by atoms with Crippen LogP contribution in [0.5, 0.6) is 0 Å². The molecule has 2 rings (SSSR count). The zero-order valence-corrected chi connectivity index (χ0v) is 10.0. The summed E-state index contributed by atoms with van der Waals surface area (Å²) in [5.74, 6) is 0.00626. The first-order valence-corrected chi connectivity index (χ1v) is 5.99. The lowest BCUT2D eigenvalue weighted by molar-refractivity contribution is 0.267. The molecule has 0 spiro atoms. The van der Waals surface area contributed by atoms with Gasteiger partial charge < -0.3 is 0 Å². The van der Waals surface area contributed by atoms with Crippen LogP contribution in [0.15, 0.2) is 18.2 Å². The molecule has 1 aromatic carbocycles. The molecule has 0 N–H and O–H groups in total. The van der Waals surface area contributed by atoms with Crippen LogP contribution < -0.4 is 0 Å². The fourth-order valence-electron chi connectivity index (χ4n) is 2.41. The van der Waals surface area contributed by atoms with Gasteiger partial charge >= 0.3 is 0 Å². The molecule has 1 atom stereocenters. The average Bonchev–Trinajstić information content (AvgIpc) is 2.36. The Morgan fingerprint density at radius 3 is 3.00 bits per heavy atom. The highest BCUT2D eigenvalue weighted by Gasteiger charge is 2.19. The first-order valence-electron chi connectivity index (χ1n) is 5.99. The summed E-state index contributed by atoms with van der Waals surface area (Å²) in [7, 11) is 0. The molecule has 0 saturated carbocycles. The molecule has 0 bridgehead atoms. The van der Waals surface area contributed by atoms with Crippen molar-refractivity contribution in [3.05, 3.63) is 34.9 Å². The number of benzene rings is 1. The van der Waals surface area contributed by atoms with Gasteiger partial charge in [0.15, 0.2) is 0 Å². The number of hydrogen-bond acceptors (Lipinski definition) is 2. The van der Waals surface area contributed by atoms with Crippen molar-refractivity contribution in [1.29, 1.82) is 5.26 Å². The molecule has 2 heteroatoms. The van der Waals surface area contributed by atoms with E-state index in [0.29, 0.717) is 0 Å². The molecule has 1 aromatic rings. The van der Waals surface area contributed by atoms with E-state index in [1.807, 2.05) is 6.92 Å². The molecule has 84 valence electrons. The summed E-state index contributed by atoms with van der Waals surface area (Å²) in [5.41, 5.74) is 4.05. The quantitative estimate of drug-likeness (QED) is 0.757. The standard InChI is InChI=1S/C14H18N2/c1-3-16-8-7-12-5-4-6-13(11(2)9-15)14(12)10-16/h4-6,11H,3,7-8,10H2,1-2H3. The van der Waals surface area contributed by atoms with Gasteiger partial charge in [-0.3, -0.25) is 4.90 Å². The molecule has 0 fully saturated rings. The molecule has 0 aliphatic carbocycles. The number of hydrogen-bond donors (Lipinski definition) is 0. The van der Waals surface area contributed by atoms with Gasteiger partial charge in [-0.2, -0.15) is 5.26 Å². The Morgan fingerprint density at radius 1 is 1.50 bits per heavy atom. The van der Waals surface area contributed by atoms with Crippen molar-refractivity contribution < 1.29 is 0 Å². The second kappa shape index (κ2) is 4.67. The van der Waals surface area contributed by atoms with Crippen molar-refractivity contribution in [2.75, 3.05) is 13.1 Å². The van der Waals surface area contributed by atoms with Gasteiger partial charge in [0.25, 0.3) is 0 Å². The van der Waals surface area contributed by atoms with Crippen molar-refractivity contribution in [1.82, 2.24) is 4.90 Å². The topological polar surface area (TPSA) is 27.0 Å². The molecule has 0 aromatic heterocycles. The van der Waals surface area contributed by atoms with E-state index < -0.39 is 0 Å². The van der Waals surface area contributed by atoms with E-state index in [-0.39, 0.29) is 5.92 Å². The van der Waals surface area contributed by atoms with Gasteiger partial charge in [0.2, 0.25) is 0 Å². The van der Waals surface area contributed by atoms with Gasteiger partial charge in [-0.05, 0) is 36.6 Å². The Kier molecular flexibility index (Phi) is 3.26. The number of nitriles is 1. The van der Waals surface area contributed by atoms with Crippen LogP contribution in [-0.2, 0) is 13.0 Å². The first kappa shape index (κ1) is 11.2. The highest BCUT2D eigenvalue weighted by molar-refractivity contribution is 5.40. The van der Waals surface area contributed by atoms with Gasteiger partial charge in [0, 0.05) is 13.1 Å². The van der Waals surface area contributed by atoms with Gasteiger partial charge in [-0.1, -0.05) is 25.1 Å². The van der Waals surface area contributed by atoms with Crippen molar-refractivity contribution in [3.63, 3.8) is 0 Å².